The van der Waals surface area contributed by atoms with Crippen molar-refractivity contribution in [1.29, 1.82) is 0 Å². The smallest absolute Gasteiger partial charge is 0.203 e. The standard InChI is InChI=1S/C27H34F2N2O3.2ClH/c1-32-22-11-10-21(23(33-2)24(22)34-3)20-30-16-18-31(19-17-30)25(26(28)12-6-4-7-13-26)27(29)14-8-5-9-15-27;;/h4-12,14,25H,13,15-20H2,1-3H3;2*1H. The van der Waals surface area contributed by atoms with Crippen molar-refractivity contribution in [3.63, 3.8) is 0 Å². The van der Waals surface area contributed by atoms with Crippen LogP contribution in [0.25, 0.3) is 0 Å². The van der Waals surface area contributed by atoms with Crippen LogP contribution >= 0.6 is 24.8 Å². The number of halogens is 4. The Hall–Kier alpha value is -2.06. The van der Waals surface area contributed by atoms with E-state index in [4.69, 9.17) is 14.2 Å². The zero-order valence-electron chi connectivity index (χ0n) is 21.0. The van der Waals surface area contributed by atoms with E-state index in [-0.39, 0.29) is 37.7 Å². The molecule has 1 aromatic rings. The summed E-state index contributed by atoms with van der Waals surface area (Å²) in [4.78, 5) is 4.27. The third-order valence-corrected chi connectivity index (χ3v) is 6.96. The maximum absolute atomic E-state index is 16.2. The van der Waals surface area contributed by atoms with Crippen LogP contribution < -0.4 is 14.2 Å². The third kappa shape index (κ3) is 6.08. The first-order chi connectivity index (χ1) is 16.4. The minimum Gasteiger partial charge on any atom is -0.493 e. The van der Waals surface area contributed by atoms with Crippen molar-refractivity contribution in [3.05, 3.63) is 66.3 Å². The van der Waals surface area contributed by atoms with Gasteiger partial charge in [-0.1, -0.05) is 42.5 Å². The molecule has 2 unspecified atom stereocenters. The number of nitrogens with zero attached hydrogens (tertiary/aromatic N) is 2. The fraction of sp³-hybridized carbons (Fsp3) is 0.481. The highest BCUT2D eigenvalue weighted by Crippen LogP contribution is 2.43. The number of methoxy groups -OCH3 is 3. The average Bonchev–Trinajstić information content (AvgIpc) is 2.85. The van der Waals surface area contributed by atoms with Crippen molar-refractivity contribution in [2.75, 3.05) is 47.5 Å². The van der Waals surface area contributed by atoms with Gasteiger partial charge in [0.1, 0.15) is 0 Å². The van der Waals surface area contributed by atoms with E-state index in [1.807, 2.05) is 29.2 Å². The molecule has 2 aliphatic carbocycles. The molecule has 4 rings (SSSR count). The van der Waals surface area contributed by atoms with Crippen molar-refractivity contribution in [2.45, 2.75) is 36.8 Å². The SMILES string of the molecule is COc1ccc(CN2CCN(C(C3(F)C=CC=CC3)C3(F)C=CC=CC3)CC2)c(OC)c1OC.Cl.Cl. The van der Waals surface area contributed by atoms with Crippen LogP contribution in [-0.2, 0) is 6.54 Å². The van der Waals surface area contributed by atoms with E-state index in [0.717, 1.165) is 5.56 Å². The zero-order chi connectivity index (χ0) is 24.2. The Kier molecular flexibility index (Phi) is 10.9. The fourth-order valence-electron chi connectivity index (χ4n) is 5.34. The predicted octanol–water partition coefficient (Wildman–Crippen LogP) is 5.49. The summed E-state index contributed by atoms with van der Waals surface area (Å²) in [7, 11) is 4.80. The van der Waals surface area contributed by atoms with Crippen LogP contribution in [-0.4, -0.2) is 74.7 Å². The number of alkyl halides is 2. The number of hydrogen-bond acceptors (Lipinski definition) is 5. The van der Waals surface area contributed by atoms with Gasteiger partial charge in [-0.2, -0.15) is 0 Å². The number of piperazine rings is 1. The van der Waals surface area contributed by atoms with Gasteiger partial charge in [-0.15, -0.1) is 24.8 Å². The Morgan fingerprint density at radius 1 is 0.778 bits per heavy atom. The van der Waals surface area contributed by atoms with Gasteiger partial charge < -0.3 is 14.2 Å². The fourth-order valence-corrected chi connectivity index (χ4v) is 5.34. The second-order valence-corrected chi connectivity index (χ2v) is 9.04. The molecule has 0 radical (unpaired) electrons. The minimum absolute atomic E-state index is 0. The molecule has 2 atom stereocenters. The minimum atomic E-state index is -1.76. The molecule has 3 aliphatic rings. The van der Waals surface area contributed by atoms with Gasteiger partial charge in [0, 0.05) is 51.1 Å². The highest BCUT2D eigenvalue weighted by Gasteiger charge is 2.53. The number of rotatable bonds is 8. The first-order valence-corrected chi connectivity index (χ1v) is 11.7. The molecule has 0 spiro atoms. The molecule has 0 bridgehead atoms. The topological polar surface area (TPSA) is 34.2 Å². The summed E-state index contributed by atoms with van der Waals surface area (Å²) in [5, 5.41) is 0. The first-order valence-electron chi connectivity index (χ1n) is 11.7. The van der Waals surface area contributed by atoms with Gasteiger partial charge in [0.25, 0.3) is 0 Å². The third-order valence-electron chi connectivity index (χ3n) is 6.96. The molecule has 1 fully saturated rings. The first kappa shape index (κ1) is 30.2. The van der Waals surface area contributed by atoms with Gasteiger partial charge in [0.2, 0.25) is 5.75 Å². The van der Waals surface area contributed by atoms with Crippen LogP contribution in [0.4, 0.5) is 8.78 Å². The Labute approximate surface area is 225 Å². The molecule has 1 aliphatic heterocycles. The van der Waals surface area contributed by atoms with Crippen molar-refractivity contribution < 1.29 is 23.0 Å². The van der Waals surface area contributed by atoms with Crippen molar-refractivity contribution in [3.8, 4) is 17.2 Å². The van der Waals surface area contributed by atoms with Gasteiger partial charge in [-0.25, -0.2) is 8.78 Å². The Morgan fingerprint density at radius 3 is 1.78 bits per heavy atom. The lowest BCUT2D eigenvalue weighted by molar-refractivity contribution is -0.0463. The Bertz CT molecular complexity index is 959. The molecule has 200 valence electrons. The highest BCUT2D eigenvalue weighted by molar-refractivity contribution is 5.85. The summed E-state index contributed by atoms with van der Waals surface area (Å²) < 4.78 is 48.9. The summed E-state index contributed by atoms with van der Waals surface area (Å²) in [6, 6.07) is 2.95. The molecule has 5 nitrogen and oxygen atoms in total. The van der Waals surface area contributed by atoms with E-state index in [9.17, 15) is 0 Å². The number of hydrogen-bond donors (Lipinski definition) is 0. The zero-order valence-corrected chi connectivity index (χ0v) is 22.6. The lowest BCUT2D eigenvalue weighted by Crippen LogP contribution is -2.63. The van der Waals surface area contributed by atoms with Crippen LogP contribution in [0.1, 0.15) is 18.4 Å². The highest BCUT2D eigenvalue weighted by atomic mass is 35.5. The maximum atomic E-state index is 16.2. The number of allylic oxidation sites excluding steroid dienone is 6. The summed E-state index contributed by atoms with van der Waals surface area (Å²) in [6.45, 7) is 3.19. The predicted molar refractivity (Wildman–Crippen MR) is 145 cm³/mol. The van der Waals surface area contributed by atoms with Gasteiger partial charge in [-0.05, 0) is 18.2 Å². The van der Waals surface area contributed by atoms with E-state index < -0.39 is 17.4 Å². The van der Waals surface area contributed by atoms with E-state index >= 15 is 8.78 Å². The monoisotopic (exact) mass is 544 g/mol. The largest absolute Gasteiger partial charge is 0.493 e. The number of ether oxygens (including phenoxy) is 3. The average molecular weight is 545 g/mol. The summed E-state index contributed by atoms with van der Waals surface area (Å²) >= 11 is 0. The van der Waals surface area contributed by atoms with Crippen LogP contribution in [0.5, 0.6) is 17.2 Å². The Balaban J connectivity index is 0.00000228. The molecular formula is C27H36Cl2F2N2O3. The molecule has 1 aromatic carbocycles. The summed E-state index contributed by atoms with van der Waals surface area (Å²) in [5.41, 5.74) is -2.53. The molecule has 1 heterocycles. The van der Waals surface area contributed by atoms with Crippen molar-refractivity contribution >= 4 is 24.8 Å². The normalized spacial score (nSPS) is 26.6. The number of benzene rings is 1. The maximum Gasteiger partial charge on any atom is 0.203 e. The Morgan fingerprint density at radius 2 is 1.33 bits per heavy atom. The van der Waals surface area contributed by atoms with Gasteiger partial charge in [0.15, 0.2) is 22.8 Å². The lowest BCUT2D eigenvalue weighted by atomic mass is 9.75. The quantitative estimate of drug-likeness (QED) is 0.432. The summed E-state index contributed by atoms with van der Waals surface area (Å²) in [5.74, 6) is 1.82. The summed E-state index contributed by atoms with van der Waals surface area (Å²) in [6.07, 6.45) is 14.1. The van der Waals surface area contributed by atoms with Gasteiger partial charge in [-0.3, -0.25) is 9.80 Å². The van der Waals surface area contributed by atoms with Crippen LogP contribution in [0.3, 0.4) is 0 Å². The second-order valence-electron chi connectivity index (χ2n) is 9.04. The van der Waals surface area contributed by atoms with E-state index in [0.29, 0.717) is 50.0 Å². The van der Waals surface area contributed by atoms with E-state index in [2.05, 4.69) is 4.90 Å². The molecule has 0 amide bonds. The molecule has 0 aromatic heterocycles. The second kappa shape index (κ2) is 13.0. The molecule has 1 saturated heterocycles. The van der Waals surface area contributed by atoms with E-state index in [1.165, 1.54) is 12.2 Å². The van der Waals surface area contributed by atoms with Crippen molar-refractivity contribution in [2.24, 2.45) is 0 Å². The molecule has 0 saturated carbocycles. The molecule has 0 N–H and O–H groups in total. The molecule has 9 heteroatoms. The van der Waals surface area contributed by atoms with Crippen LogP contribution in [0.2, 0.25) is 0 Å². The molecular weight excluding hydrogens is 509 g/mol. The molecule has 36 heavy (non-hydrogen) atoms. The van der Waals surface area contributed by atoms with Crippen LogP contribution in [0, 0.1) is 0 Å². The lowest BCUT2D eigenvalue weighted by Gasteiger charge is -2.49. The van der Waals surface area contributed by atoms with Gasteiger partial charge >= 0.3 is 0 Å². The van der Waals surface area contributed by atoms with Crippen LogP contribution in [0.15, 0.2) is 60.7 Å². The van der Waals surface area contributed by atoms with Gasteiger partial charge in [0.05, 0.1) is 27.4 Å². The van der Waals surface area contributed by atoms with E-state index in [1.54, 1.807) is 45.6 Å². The van der Waals surface area contributed by atoms with Crippen molar-refractivity contribution in [1.82, 2.24) is 9.80 Å².